The number of hydrogen-bond acceptors (Lipinski definition) is 8. The monoisotopic (exact) mass is 485 g/mol. The van der Waals surface area contributed by atoms with Crippen LogP contribution in [0.3, 0.4) is 0 Å². The molecular formula is C24H19N7O3S. The number of anilines is 3. The van der Waals surface area contributed by atoms with Crippen LogP contribution in [0.15, 0.2) is 90.0 Å². The van der Waals surface area contributed by atoms with E-state index in [1.807, 2.05) is 12.1 Å². The molecule has 0 fully saturated rings. The number of carbonyl (C=O) groups excluding carboxylic acids is 1. The van der Waals surface area contributed by atoms with E-state index in [-0.39, 0.29) is 22.0 Å². The zero-order valence-corrected chi connectivity index (χ0v) is 19.0. The van der Waals surface area contributed by atoms with E-state index >= 15 is 0 Å². The fourth-order valence-corrected chi connectivity index (χ4v) is 5.70. The Morgan fingerprint density at radius 1 is 0.886 bits per heavy atom. The van der Waals surface area contributed by atoms with Crippen LogP contribution in [0.4, 0.5) is 17.2 Å². The van der Waals surface area contributed by atoms with Gasteiger partial charge in [-0.15, -0.1) is 5.53 Å². The summed E-state index contributed by atoms with van der Waals surface area (Å²) in [6.45, 7) is 0. The highest BCUT2D eigenvalue weighted by Gasteiger charge is 2.29. The number of hydrazine groups is 2. The van der Waals surface area contributed by atoms with E-state index in [9.17, 15) is 13.2 Å². The Balaban J connectivity index is 1.49. The summed E-state index contributed by atoms with van der Waals surface area (Å²) in [6, 6.07) is 22.0. The highest BCUT2D eigenvalue weighted by atomic mass is 32.2. The predicted molar refractivity (Wildman–Crippen MR) is 133 cm³/mol. The van der Waals surface area contributed by atoms with Crippen LogP contribution in [0.5, 0.6) is 0 Å². The van der Waals surface area contributed by atoms with Crippen molar-refractivity contribution in [1.29, 1.82) is 0 Å². The van der Waals surface area contributed by atoms with Gasteiger partial charge in [0.15, 0.2) is 0 Å². The van der Waals surface area contributed by atoms with Gasteiger partial charge in [0.25, 0.3) is 10.0 Å². The number of nitrogens with two attached hydrogens (primary N) is 1. The molecule has 3 aromatic carbocycles. The first-order valence-electron chi connectivity index (χ1n) is 10.7. The van der Waals surface area contributed by atoms with Gasteiger partial charge in [-0.2, -0.15) is 5.10 Å². The molecule has 10 nitrogen and oxygen atoms in total. The van der Waals surface area contributed by atoms with E-state index in [0.717, 1.165) is 15.3 Å². The van der Waals surface area contributed by atoms with Crippen LogP contribution in [0, 0.1) is 0 Å². The number of rotatable bonds is 5. The molecular weight excluding hydrogens is 466 g/mol. The first kappa shape index (κ1) is 21.0. The van der Waals surface area contributed by atoms with Gasteiger partial charge in [0, 0.05) is 5.39 Å². The third kappa shape index (κ3) is 3.25. The van der Waals surface area contributed by atoms with E-state index in [4.69, 9.17) is 5.73 Å². The van der Waals surface area contributed by atoms with E-state index < -0.39 is 15.8 Å². The molecule has 5 aromatic rings. The maximum absolute atomic E-state index is 13.7. The number of nitrogen functional groups attached to an aromatic ring is 1. The Morgan fingerprint density at radius 2 is 1.63 bits per heavy atom. The average Bonchev–Trinajstić information content (AvgIpc) is 3.60. The van der Waals surface area contributed by atoms with E-state index in [1.54, 1.807) is 54.6 Å². The molecule has 5 N–H and O–H groups in total. The zero-order chi connectivity index (χ0) is 24.2. The van der Waals surface area contributed by atoms with Crippen molar-refractivity contribution >= 4 is 43.9 Å². The summed E-state index contributed by atoms with van der Waals surface area (Å²) in [7, 11) is -4.07. The summed E-state index contributed by atoms with van der Waals surface area (Å²) >= 11 is 0. The van der Waals surface area contributed by atoms with Gasteiger partial charge in [-0.05, 0) is 42.5 Å². The molecule has 0 atom stereocenters. The Labute approximate surface area is 200 Å². The molecule has 2 aromatic heterocycles. The van der Waals surface area contributed by atoms with Crippen LogP contribution in [-0.2, 0) is 10.0 Å². The van der Waals surface area contributed by atoms with Gasteiger partial charge < -0.3 is 16.6 Å². The van der Waals surface area contributed by atoms with Crippen molar-refractivity contribution in [2.24, 2.45) is 0 Å². The third-order valence-corrected chi connectivity index (χ3v) is 7.62. The van der Waals surface area contributed by atoms with Crippen LogP contribution in [-0.4, -0.2) is 28.0 Å². The summed E-state index contributed by atoms with van der Waals surface area (Å²) in [5, 5.41) is 4.92. The minimum Gasteiger partial charge on any atom is -0.383 e. The molecule has 0 saturated heterocycles. The topological polar surface area (TPSA) is 136 Å². The lowest BCUT2D eigenvalue weighted by atomic mass is 10.1. The van der Waals surface area contributed by atoms with Crippen molar-refractivity contribution < 1.29 is 13.2 Å². The number of benzene rings is 3. The SMILES string of the molecule is Nc1c(C(=O)c2cc3ccccc3n2S(=O)(=O)c2ccccc2)cnn1-c1ccc2c(c1)NNN2. The quantitative estimate of drug-likeness (QED) is 0.279. The van der Waals surface area contributed by atoms with Gasteiger partial charge in [-0.1, -0.05) is 36.4 Å². The molecule has 0 bridgehead atoms. The smallest absolute Gasteiger partial charge is 0.268 e. The van der Waals surface area contributed by atoms with Crippen molar-refractivity contribution in [2.75, 3.05) is 16.6 Å². The fraction of sp³-hybridized carbons (Fsp3) is 0. The van der Waals surface area contributed by atoms with Crippen LogP contribution in [0.1, 0.15) is 16.1 Å². The van der Waals surface area contributed by atoms with Gasteiger partial charge in [0.1, 0.15) is 11.5 Å². The Kier molecular flexibility index (Phi) is 4.62. The molecule has 6 rings (SSSR count). The summed E-state index contributed by atoms with van der Waals surface area (Å²) < 4.78 is 29.8. The Bertz CT molecular complexity index is 1720. The number of nitrogens with zero attached hydrogens (tertiary/aromatic N) is 3. The molecule has 0 radical (unpaired) electrons. The summed E-state index contributed by atoms with van der Waals surface area (Å²) in [5.74, 6) is -0.449. The third-order valence-electron chi connectivity index (χ3n) is 5.87. The second-order valence-corrected chi connectivity index (χ2v) is 9.75. The van der Waals surface area contributed by atoms with E-state index in [0.29, 0.717) is 16.6 Å². The minimum atomic E-state index is -4.07. The van der Waals surface area contributed by atoms with E-state index in [1.165, 1.54) is 23.0 Å². The first-order valence-corrected chi connectivity index (χ1v) is 12.1. The first-order chi connectivity index (χ1) is 16.9. The summed E-state index contributed by atoms with van der Waals surface area (Å²) in [5.41, 5.74) is 17.8. The lowest BCUT2D eigenvalue weighted by molar-refractivity contribution is 0.103. The molecule has 1 aliphatic heterocycles. The predicted octanol–water partition coefficient (Wildman–Crippen LogP) is 3.13. The van der Waals surface area contributed by atoms with Gasteiger partial charge in [-0.25, -0.2) is 17.1 Å². The van der Waals surface area contributed by atoms with Crippen molar-refractivity contribution in [3.8, 4) is 5.69 Å². The molecule has 0 saturated carbocycles. The number of nitrogens with one attached hydrogen (secondary N) is 3. The Hall–Kier alpha value is -4.61. The van der Waals surface area contributed by atoms with Crippen LogP contribution < -0.4 is 22.1 Å². The highest BCUT2D eigenvalue weighted by molar-refractivity contribution is 7.90. The largest absolute Gasteiger partial charge is 0.383 e. The maximum Gasteiger partial charge on any atom is 0.268 e. The second-order valence-electron chi connectivity index (χ2n) is 7.96. The molecule has 0 unspecified atom stereocenters. The highest BCUT2D eigenvalue weighted by Crippen LogP contribution is 2.31. The number of para-hydroxylation sites is 1. The molecule has 0 aliphatic carbocycles. The average molecular weight is 486 g/mol. The minimum absolute atomic E-state index is 0.0228. The van der Waals surface area contributed by atoms with Crippen molar-refractivity contribution in [3.05, 3.63) is 96.3 Å². The fourth-order valence-electron chi connectivity index (χ4n) is 4.16. The van der Waals surface area contributed by atoms with Crippen molar-refractivity contribution in [2.45, 2.75) is 4.90 Å². The van der Waals surface area contributed by atoms with E-state index in [2.05, 4.69) is 21.5 Å². The van der Waals surface area contributed by atoms with Crippen LogP contribution >= 0.6 is 0 Å². The number of hydrogen-bond donors (Lipinski definition) is 4. The van der Waals surface area contributed by atoms with Gasteiger partial charge >= 0.3 is 0 Å². The number of ketones is 1. The van der Waals surface area contributed by atoms with Crippen molar-refractivity contribution in [1.82, 2.24) is 19.3 Å². The summed E-state index contributed by atoms with van der Waals surface area (Å²) in [6.07, 6.45) is 1.35. The number of aromatic nitrogens is 3. The van der Waals surface area contributed by atoms with Gasteiger partial charge in [-0.3, -0.25) is 4.79 Å². The van der Waals surface area contributed by atoms with Gasteiger partial charge in [0.05, 0.1) is 39.2 Å². The maximum atomic E-state index is 13.7. The number of carbonyl (C=O) groups is 1. The van der Waals surface area contributed by atoms with Crippen LogP contribution in [0.25, 0.3) is 16.6 Å². The zero-order valence-electron chi connectivity index (χ0n) is 18.1. The molecule has 11 heteroatoms. The van der Waals surface area contributed by atoms with Crippen LogP contribution in [0.2, 0.25) is 0 Å². The molecule has 3 heterocycles. The lowest BCUT2D eigenvalue weighted by Gasteiger charge is -2.11. The summed E-state index contributed by atoms with van der Waals surface area (Å²) in [4.78, 5) is 13.8. The standard InChI is InChI=1S/C24H19N7O3S/c25-24-18(14-26-30(24)16-10-11-19-20(13-16)28-29-27-19)23(32)22-12-15-6-4-5-9-21(15)31(22)35(33,34)17-7-2-1-3-8-17/h1-14,27-29H,25H2. The number of fused-ring (bicyclic) bond motifs is 2. The molecule has 1 aliphatic rings. The second kappa shape index (κ2) is 7.72. The Morgan fingerprint density at radius 3 is 2.46 bits per heavy atom. The molecule has 0 amide bonds. The molecule has 35 heavy (non-hydrogen) atoms. The molecule has 0 spiro atoms. The lowest BCUT2D eigenvalue weighted by Crippen LogP contribution is -2.19. The normalized spacial score (nSPS) is 12.8. The molecule has 174 valence electrons. The van der Waals surface area contributed by atoms with Gasteiger partial charge in [0.2, 0.25) is 5.78 Å². The van der Waals surface area contributed by atoms with Crippen molar-refractivity contribution in [3.63, 3.8) is 0 Å².